The minimum Gasteiger partial charge on any atom is -0.444 e. The van der Waals surface area contributed by atoms with E-state index in [9.17, 15) is 40.7 Å². The van der Waals surface area contributed by atoms with Crippen LogP contribution in [0.2, 0.25) is 0 Å². The van der Waals surface area contributed by atoms with E-state index in [4.69, 9.17) is 4.74 Å². The third-order valence-corrected chi connectivity index (χ3v) is 7.03. The molecule has 3 amide bonds. The highest BCUT2D eigenvalue weighted by molar-refractivity contribution is 8.18. The van der Waals surface area contributed by atoms with Crippen molar-refractivity contribution in [3.63, 3.8) is 0 Å². The highest BCUT2D eigenvalue weighted by Gasteiger charge is 2.38. The summed E-state index contributed by atoms with van der Waals surface area (Å²) in [7, 11) is 0. The second-order valence-corrected chi connectivity index (χ2v) is 11.8. The molecular formula is C28H26F6N4O4S. The molecule has 1 saturated heterocycles. The van der Waals surface area contributed by atoms with Gasteiger partial charge in [0.05, 0.1) is 34.3 Å². The number of aromatic nitrogens is 2. The average Bonchev–Trinajstić information content (AvgIpc) is 3.36. The highest BCUT2D eigenvalue weighted by Crippen LogP contribution is 2.38. The van der Waals surface area contributed by atoms with Crippen LogP contribution in [0, 0.1) is 0 Å². The van der Waals surface area contributed by atoms with E-state index in [0.717, 1.165) is 11.0 Å². The first kappa shape index (κ1) is 31.9. The van der Waals surface area contributed by atoms with Crippen LogP contribution in [-0.2, 0) is 28.4 Å². The van der Waals surface area contributed by atoms with Crippen molar-refractivity contribution in [1.82, 2.24) is 20.0 Å². The van der Waals surface area contributed by atoms with Crippen LogP contribution in [0.25, 0.3) is 17.0 Å². The Labute approximate surface area is 246 Å². The fourth-order valence-corrected chi connectivity index (χ4v) is 5.12. The summed E-state index contributed by atoms with van der Waals surface area (Å²) < 4.78 is 86.2. The lowest BCUT2D eigenvalue weighted by atomic mass is 10.0. The van der Waals surface area contributed by atoms with E-state index in [1.807, 2.05) is 0 Å². The van der Waals surface area contributed by atoms with Crippen LogP contribution in [0.3, 0.4) is 0 Å². The molecule has 43 heavy (non-hydrogen) atoms. The van der Waals surface area contributed by atoms with Crippen molar-refractivity contribution < 1.29 is 45.5 Å². The molecule has 3 aromatic rings. The van der Waals surface area contributed by atoms with Crippen LogP contribution in [0.4, 0.5) is 35.9 Å². The summed E-state index contributed by atoms with van der Waals surface area (Å²) in [5.74, 6) is -0.564. The van der Waals surface area contributed by atoms with E-state index in [1.54, 1.807) is 45.9 Å². The second-order valence-electron chi connectivity index (χ2n) is 10.8. The third kappa shape index (κ3) is 7.69. The van der Waals surface area contributed by atoms with E-state index >= 15 is 0 Å². The fourth-order valence-electron chi connectivity index (χ4n) is 4.27. The number of alkyl halides is 6. The standard InChI is InChI=1S/C28H26F6N4O4S/c1-15(36-24(40)42-26(2,3)4)13-37-23(39)22(43-25(37)41)10-16-5-8-21-18(9-16)12-35-38(21)14-17-6-7-19(27(29,30)31)11-20(17)28(32,33)34/h5-12,15H,13-14H2,1-4H3,(H,36,40)/t15-/m0/s1. The lowest BCUT2D eigenvalue weighted by Gasteiger charge is -2.23. The van der Waals surface area contributed by atoms with E-state index in [2.05, 4.69) is 10.4 Å². The molecule has 4 rings (SSSR count). The van der Waals surface area contributed by atoms with Crippen molar-refractivity contribution in [3.05, 3.63) is 69.8 Å². The molecule has 0 bridgehead atoms. The second kappa shape index (κ2) is 11.6. The van der Waals surface area contributed by atoms with Gasteiger partial charge in [-0.05, 0) is 80.9 Å². The van der Waals surface area contributed by atoms with Crippen molar-refractivity contribution >= 4 is 46.0 Å². The van der Waals surface area contributed by atoms with Gasteiger partial charge in [0.2, 0.25) is 0 Å². The van der Waals surface area contributed by atoms with Crippen LogP contribution in [0.1, 0.15) is 49.9 Å². The number of hydrogen-bond donors (Lipinski definition) is 1. The molecule has 1 fully saturated rings. The Hall–Kier alpha value is -4.01. The summed E-state index contributed by atoms with van der Waals surface area (Å²) in [4.78, 5) is 38.6. The number of carbonyl (C=O) groups excluding carboxylic acids is 3. The lowest BCUT2D eigenvalue weighted by molar-refractivity contribution is -0.143. The molecule has 2 aromatic carbocycles. The summed E-state index contributed by atoms with van der Waals surface area (Å²) in [6.45, 7) is 6.18. The number of fused-ring (bicyclic) bond motifs is 1. The number of hydrogen-bond acceptors (Lipinski definition) is 6. The molecule has 0 saturated carbocycles. The van der Waals surface area contributed by atoms with Crippen LogP contribution in [-0.4, -0.2) is 50.1 Å². The van der Waals surface area contributed by atoms with Gasteiger partial charge in [-0.25, -0.2) is 4.79 Å². The van der Waals surface area contributed by atoms with Gasteiger partial charge in [-0.15, -0.1) is 0 Å². The predicted octanol–water partition coefficient (Wildman–Crippen LogP) is 7.07. The molecule has 1 aromatic heterocycles. The van der Waals surface area contributed by atoms with Gasteiger partial charge in [-0.3, -0.25) is 19.2 Å². The molecule has 1 aliphatic heterocycles. The summed E-state index contributed by atoms with van der Waals surface area (Å²) in [6, 6.07) is 5.59. The molecule has 0 spiro atoms. The van der Waals surface area contributed by atoms with Gasteiger partial charge in [-0.1, -0.05) is 12.1 Å². The van der Waals surface area contributed by atoms with Gasteiger partial charge >= 0.3 is 18.4 Å². The summed E-state index contributed by atoms with van der Waals surface area (Å²) in [5.41, 5.74) is -3.02. The maximum atomic E-state index is 13.6. The van der Waals surface area contributed by atoms with Gasteiger partial charge in [0.15, 0.2) is 0 Å². The SMILES string of the molecule is C[C@@H](CN1C(=O)SC(=Cc2ccc3c(cnn3Cc3ccc(C(F)(F)F)cc3C(F)(F)F)c2)C1=O)NC(=O)OC(C)(C)C. The number of benzene rings is 2. The van der Waals surface area contributed by atoms with Crippen molar-refractivity contribution in [2.45, 2.75) is 58.2 Å². The van der Waals surface area contributed by atoms with Crippen molar-refractivity contribution in [2.75, 3.05) is 6.54 Å². The Morgan fingerprint density at radius 2 is 1.74 bits per heavy atom. The minimum atomic E-state index is -5.01. The normalized spacial score (nSPS) is 16.3. The Bertz CT molecular complexity index is 1610. The molecule has 1 atom stereocenters. The first-order chi connectivity index (χ1) is 19.8. The van der Waals surface area contributed by atoms with Crippen LogP contribution >= 0.6 is 11.8 Å². The maximum absolute atomic E-state index is 13.6. The molecule has 230 valence electrons. The van der Waals surface area contributed by atoms with E-state index in [0.29, 0.717) is 34.3 Å². The number of nitrogens with zero attached hydrogens (tertiary/aromatic N) is 3. The first-order valence-electron chi connectivity index (χ1n) is 12.8. The fraction of sp³-hybridized carbons (Fsp3) is 0.357. The van der Waals surface area contributed by atoms with Gasteiger partial charge in [0, 0.05) is 18.0 Å². The number of nitrogens with one attached hydrogen (secondary N) is 1. The number of alkyl carbamates (subject to hydrolysis) is 1. The minimum absolute atomic E-state index is 0.0839. The topological polar surface area (TPSA) is 93.5 Å². The Morgan fingerprint density at radius 3 is 2.37 bits per heavy atom. The van der Waals surface area contributed by atoms with Crippen LogP contribution < -0.4 is 5.32 Å². The summed E-state index contributed by atoms with van der Waals surface area (Å²) in [6.07, 6.45) is -7.79. The van der Waals surface area contributed by atoms with E-state index < -0.39 is 64.5 Å². The molecule has 0 unspecified atom stereocenters. The quantitative estimate of drug-likeness (QED) is 0.232. The molecule has 1 aliphatic rings. The number of rotatable bonds is 6. The summed E-state index contributed by atoms with van der Waals surface area (Å²) >= 11 is 0.714. The predicted molar refractivity (Wildman–Crippen MR) is 147 cm³/mol. The zero-order valence-corrected chi connectivity index (χ0v) is 24.1. The van der Waals surface area contributed by atoms with Gasteiger partial charge < -0.3 is 10.1 Å². The Morgan fingerprint density at radius 1 is 1.05 bits per heavy atom. The number of thioether (sulfide) groups is 1. The largest absolute Gasteiger partial charge is 0.444 e. The van der Waals surface area contributed by atoms with Crippen molar-refractivity contribution in [3.8, 4) is 0 Å². The first-order valence-corrected chi connectivity index (χ1v) is 13.6. The van der Waals surface area contributed by atoms with Gasteiger partial charge in [0.1, 0.15) is 5.60 Å². The van der Waals surface area contributed by atoms with Crippen molar-refractivity contribution in [1.29, 1.82) is 0 Å². The molecule has 15 heteroatoms. The summed E-state index contributed by atoms with van der Waals surface area (Å²) in [5, 5.41) is 6.64. The molecule has 1 N–H and O–H groups in total. The van der Waals surface area contributed by atoms with Crippen LogP contribution in [0.15, 0.2) is 47.5 Å². The number of amides is 3. The number of imide groups is 1. The monoisotopic (exact) mass is 628 g/mol. The van der Waals surface area contributed by atoms with Crippen LogP contribution in [0.5, 0.6) is 0 Å². The van der Waals surface area contributed by atoms with Gasteiger partial charge in [-0.2, -0.15) is 31.4 Å². The average molecular weight is 629 g/mol. The maximum Gasteiger partial charge on any atom is 0.416 e. The Kier molecular flexibility index (Phi) is 8.60. The van der Waals surface area contributed by atoms with Gasteiger partial charge in [0.25, 0.3) is 11.1 Å². The molecule has 0 aliphatic carbocycles. The number of ether oxygens (including phenoxy) is 1. The Balaban J connectivity index is 1.51. The molecule has 0 radical (unpaired) electrons. The van der Waals surface area contributed by atoms with Crippen molar-refractivity contribution in [2.24, 2.45) is 0 Å². The van der Waals surface area contributed by atoms with E-state index in [-0.39, 0.29) is 17.5 Å². The molecular weight excluding hydrogens is 602 g/mol. The highest BCUT2D eigenvalue weighted by atomic mass is 32.2. The molecule has 2 heterocycles. The zero-order valence-electron chi connectivity index (χ0n) is 23.3. The lowest BCUT2D eigenvalue weighted by Crippen LogP contribution is -2.45. The third-order valence-electron chi connectivity index (χ3n) is 6.12. The van der Waals surface area contributed by atoms with E-state index in [1.165, 1.54) is 17.0 Å². The number of carbonyl (C=O) groups is 3. The smallest absolute Gasteiger partial charge is 0.416 e. The molecule has 8 nitrogen and oxygen atoms in total. The number of halogens is 6. The zero-order chi connectivity index (χ0) is 31.9.